The average Bonchev–Trinajstić information content (AvgIpc) is 3.14. The van der Waals surface area contributed by atoms with Gasteiger partial charge in [0.1, 0.15) is 0 Å². The third kappa shape index (κ3) is 4.22. The molecule has 0 amide bonds. The van der Waals surface area contributed by atoms with Gasteiger partial charge in [0, 0.05) is 0 Å². The van der Waals surface area contributed by atoms with E-state index in [1.54, 1.807) is 3.28 Å². The van der Waals surface area contributed by atoms with Gasteiger partial charge >= 0.3 is 182 Å². The van der Waals surface area contributed by atoms with Gasteiger partial charge in [-0.3, -0.25) is 0 Å². The van der Waals surface area contributed by atoms with Gasteiger partial charge in [0.05, 0.1) is 0 Å². The standard InChI is InChI=1S/C15H9F2.C9H13.2CH3.2ClH.H2Si.Zr/c16-12-7-11(8-13(17)9-12)15-6-5-10-3-1-2-4-14(10)15;1-6-5-7(2)9(4)8(6)3;;;;;;/h1-9H;6H,1-4H3;2*1H3;2*1H;1H2;. The fourth-order valence-electron chi connectivity index (χ4n) is 5.94. The van der Waals surface area contributed by atoms with Crippen LogP contribution in [0.1, 0.15) is 48.0 Å². The largest absolute Gasteiger partial charge is 0.147 e. The van der Waals surface area contributed by atoms with Crippen molar-refractivity contribution in [1.29, 1.82) is 0 Å². The van der Waals surface area contributed by atoms with Gasteiger partial charge < -0.3 is 0 Å². The summed E-state index contributed by atoms with van der Waals surface area (Å²) >= 11 is -3.51. The van der Waals surface area contributed by atoms with Crippen LogP contribution >= 0.6 is 24.8 Å². The first kappa shape index (κ1) is 27.4. The van der Waals surface area contributed by atoms with Gasteiger partial charge in [-0.05, 0) is 0 Å². The molecule has 2 unspecified atom stereocenters. The van der Waals surface area contributed by atoms with E-state index in [1.807, 2.05) is 6.07 Å². The van der Waals surface area contributed by atoms with Crippen molar-refractivity contribution in [2.75, 3.05) is 0 Å². The van der Waals surface area contributed by atoms with Crippen LogP contribution in [-0.4, -0.2) is 6.88 Å². The summed E-state index contributed by atoms with van der Waals surface area (Å²) in [5, 5.41) is 0. The molecule has 0 N–H and O–H groups in total. The van der Waals surface area contributed by atoms with E-state index < -0.39 is 29.0 Å². The van der Waals surface area contributed by atoms with Crippen molar-refractivity contribution in [2.45, 2.75) is 40.6 Å². The van der Waals surface area contributed by atoms with Crippen LogP contribution in [0.25, 0.3) is 5.57 Å². The molecule has 0 saturated heterocycles. The Morgan fingerprint density at radius 3 is 1.97 bits per heavy atom. The van der Waals surface area contributed by atoms with Gasteiger partial charge in [0.25, 0.3) is 0 Å². The molecule has 0 saturated carbocycles. The zero-order valence-electron chi connectivity index (χ0n) is 19.6. The molecule has 4 rings (SSSR count). The van der Waals surface area contributed by atoms with Crippen LogP contribution in [0.2, 0.25) is 9.26 Å². The molecule has 6 heteroatoms. The average molecular weight is 573 g/mol. The molecule has 0 heterocycles. The molecule has 0 aliphatic heterocycles. The third-order valence-electron chi connectivity index (χ3n) is 7.62. The summed E-state index contributed by atoms with van der Waals surface area (Å²) < 4.78 is 35.2. The zero-order chi connectivity index (χ0) is 22.0. The van der Waals surface area contributed by atoms with Gasteiger partial charge in [-0.1, -0.05) is 0 Å². The number of rotatable bonds is 3. The molecule has 0 fully saturated rings. The maximum atomic E-state index is 14.0. The van der Waals surface area contributed by atoms with Crippen molar-refractivity contribution in [2.24, 2.45) is 5.92 Å². The van der Waals surface area contributed by atoms with E-state index in [2.05, 4.69) is 68.1 Å². The fourth-order valence-corrected chi connectivity index (χ4v) is 24.5. The first-order valence-corrected chi connectivity index (χ1v) is 24.1. The summed E-state index contributed by atoms with van der Waals surface area (Å²) in [6.07, 6.45) is 2.33. The van der Waals surface area contributed by atoms with Crippen molar-refractivity contribution in [1.82, 2.24) is 0 Å². The summed E-state index contributed by atoms with van der Waals surface area (Å²) in [4.78, 5) is 0. The Labute approximate surface area is 205 Å². The molecule has 2 aliphatic rings. The quantitative estimate of drug-likeness (QED) is 0.328. The maximum Gasteiger partial charge on any atom is -0.147 e. The number of fused-ring (bicyclic) bond motifs is 1. The molecular formula is C26H32Cl2F2SiZr. The molecule has 2 aromatic rings. The molecule has 2 aliphatic carbocycles. The first-order valence-electron chi connectivity index (χ1n) is 10.6. The number of hydrogen-bond acceptors (Lipinski definition) is 0. The Morgan fingerprint density at radius 1 is 0.875 bits per heavy atom. The minimum Gasteiger partial charge on any atom is -0.147 e. The van der Waals surface area contributed by atoms with Crippen molar-refractivity contribution < 1.29 is 26.2 Å². The van der Waals surface area contributed by atoms with Crippen LogP contribution in [0.4, 0.5) is 8.78 Å². The summed E-state index contributed by atoms with van der Waals surface area (Å²) in [7, 11) is 0. The third-order valence-corrected chi connectivity index (χ3v) is 24.9. The number of allylic oxidation sites excluding steroid dienone is 5. The molecular weight excluding hydrogens is 540 g/mol. The fraction of sp³-hybridized carbons (Fsp3) is 0.308. The Bertz CT molecular complexity index is 1230. The second-order valence-electron chi connectivity index (χ2n) is 10.2. The molecule has 2 aromatic carbocycles. The summed E-state index contributed by atoms with van der Waals surface area (Å²) in [6, 6.07) is 12.3. The smallest absolute Gasteiger partial charge is 0.147 e. The second-order valence-corrected chi connectivity index (χ2v) is 39.7. The van der Waals surface area contributed by atoms with Crippen LogP contribution < -0.4 is 0 Å². The van der Waals surface area contributed by atoms with E-state index in [0.29, 0.717) is 15.1 Å². The van der Waals surface area contributed by atoms with E-state index in [1.165, 1.54) is 34.4 Å². The van der Waals surface area contributed by atoms with Gasteiger partial charge in [-0.15, -0.1) is 24.8 Å². The van der Waals surface area contributed by atoms with E-state index in [9.17, 15) is 8.78 Å². The van der Waals surface area contributed by atoms with Gasteiger partial charge in [0.2, 0.25) is 0 Å². The molecule has 172 valence electrons. The normalized spacial score (nSPS) is 20.6. The first-order chi connectivity index (χ1) is 13.9. The molecule has 32 heavy (non-hydrogen) atoms. The Morgan fingerprint density at radius 2 is 1.44 bits per heavy atom. The zero-order valence-corrected chi connectivity index (χ0v) is 25.1. The van der Waals surface area contributed by atoms with Crippen LogP contribution in [0.5, 0.6) is 0 Å². The van der Waals surface area contributed by atoms with Gasteiger partial charge in [-0.2, -0.15) is 0 Å². The van der Waals surface area contributed by atoms with Crippen molar-refractivity contribution >= 4 is 37.3 Å². The Hall–Kier alpha value is -0.800. The topological polar surface area (TPSA) is 0 Å². The maximum absolute atomic E-state index is 14.0. The predicted molar refractivity (Wildman–Crippen MR) is 138 cm³/mol. The van der Waals surface area contributed by atoms with Crippen LogP contribution in [0.15, 0.2) is 68.5 Å². The van der Waals surface area contributed by atoms with Crippen molar-refractivity contribution in [3.05, 3.63) is 96.9 Å². The molecule has 2 atom stereocenters. The number of benzene rings is 2. The van der Waals surface area contributed by atoms with Crippen LogP contribution in [-0.2, 0) is 17.4 Å². The SMILES string of the molecule is CC1=C(C)C(C)[C]([Zr]([CH3])([CH3])(=[SiH2])[CH]2C=C(c3cc(F)cc(F)c3)c3ccccc32)=C1C.Cl.Cl. The van der Waals surface area contributed by atoms with Gasteiger partial charge in [0.15, 0.2) is 0 Å². The molecule has 0 bridgehead atoms. The second kappa shape index (κ2) is 9.10. The number of hydrogen-bond donors (Lipinski definition) is 0. The van der Waals surface area contributed by atoms with E-state index in [4.69, 9.17) is 0 Å². The minimum atomic E-state index is -3.51. The Balaban J connectivity index is 0.00000181. The summed E-state index contributed by atoms with van der Waals surface area (Å²) in [6.45, 7) is 11.4. The van der Waals surface area contributed by atoms with Crippen molar-refractivity contribution in [3.63, 3.8) is 0 Å². The van der Waals surface area contributed by atoms with E-state index >= 15 is 0 Å². The monoisotopic (exact) mass is 570 g/mol. The molecule has 0 spiro atoms. The summed E-state index contributed by atoms with van der Waals surface area (Å²) in [5.74, 6) is -0.582. The van der Waals surface area contributed by atoms with Crippen LogP contribution in [0, 0.1) is 17.6 Å². The number of halogens is 4. The molecule has 0 radical (unpaired) electrons. The predicted octanol–water partition coefficient (Wildman–Crippen LogP) is 7.89. The van der Waals surface area contributed by atoms with Crippen molar-refractivity contribution in [3.8, 4) is 0 Å². The van der Waals surface area contributed by atoms with Gasteiger partial charge in [-0.25, -0.2) is 0 Å². The van der Waals surface area contributed by atoms with Crippen LogP contribution in [0.3, 0.4) is 0 Å². The molecule has 0 aromatic heterocycles. The summed E-state index contributed by atoms with van der Waals surface area (Å²) in [5.41, 5.74) is 8.44. The molecule has 0 nitrogen and oxygen atoms in total. The van der Waals surface area contributed by atoms with E-state index in [-0.39, 0.29) is 24.8 Å². The van der Waals surface area contributed by atoms with E-state index in [0.717, 1.165) is 17.2 Å². The Kier molecular flexibility index (Phi) is 7.80. The minimum absolute atomic E-state index is 0.